The SMILES string of the molecule is CN(C)S(=O)(=O)C[C@@H]1COC[C@H]1NC(=O)c1cc(F)cc(-c2ccns2)c1. The molecule has 1 aliphatic rings. The number of amides is 1. The molecule has 146 valence electrons. The monoisotopic (exact) mass is 413 g/mol. The molecule has 27 heavy (non-hydrogen) atoms. The minimum absolute atomic E-state index is 0.125. The highest BCUT2D eigenvalue weighted by Gasteiger charge is 2.34. The summed E-state index contributed by atoms with van der Waals surface area (Å²) in [5.74, 6) is -1.49. The van der Waals surface area contributed by atoms with E-state index in [2.05, 4.69) is 9.69 Å². The van der Waals surface area contributed by atoms with Gasteiger partial charge in [0.05, 0.1) is 29.9 Å². The molecule has 2 atom stereocenters. The molecule has 0 saturated carbocycles. The molecular formula is C17H20FN3O4S2. The van der Waals surface area contributed by atoms with Crippen molar-refractivity contribution < 1.29 is 22.3 Å². The van der Waals surface area contributed by atoms with E-state index in [1.807, 2.05) is 0 Å². The highest BCUT2D eigenvalue weighted by molar-refractivity contribution is 7.89. The summed E-state index contributed by atoms with van der Waals surface area (Å²) in [6, 6.07) is 5.38. The average molecular weight is 413 g/mol. The molecule has 0 radical (unpaired) electrons. The van der Waals surface area contributed by atoms with E-state index in [0.29, 0.717) is 5.56 Å². The molecule has 2 aromatic rings. The van der Waals surface area contributed by atoms with E-state index in [-0.39, 0.29) is 30.4 Å². The van der Waals surface area contributed by atoms with Gasteiger partial charge in [-0.1, -0.05) is 0 Å². The largest absolute Gasteiger partial charge is 0.379 e. The third-order valence-corrected chi connectivity index (χ3v) is 7.14. The van der Waals surface area contributed by atoms with Crippen LogP contribution in [0.5, 0.6) is 0 Å². The van der Waals surface area contributed by atoms with Crippen LogP contribution in [0.2, 0.25) is 0 Å². The second-order valence-electron chi connectivity index (χ2n) is 6.54. The molecule has 3 rings (SSSR count). The number of carbonyl (C=O) groups excluding carboxylic acids is 1. The third kappa shape index (κ3) is 4.70. The summed E-state index contributed by atoms with van der Waals surface area (Å²) in [5.41, 5.74) is 0.733. The summed E-state index contributed by atoms with van der Waals surface area (Å²) in [7, 11) is -0.492. The van der Waals surface area contributed by atoms with E-state index in [9.17, 15) is 17.6 Å². The first-order valence-corrected chi connectivity index (χ1v) is 10.6. The van der Waals surface area contributed by atoms with Crippen LogP contribution in [0, 0.1) is 11.7 Å². The van der Waals surface area contributed by atoms with Crippen molar-refractivity contribution in [2.75, 3.05) is 33.1 Å². The number of nitrogens with zero attached hydrogens (tertiary/aromatic N) is 2. The number of hydrogen-bond acceptors (Lipinski definition) is 6. The Kier molecular flexibility index (Phi) is 5.89. The molecule has 1 aliphatic heterocycles. The van der Waals surface area contributed by atoms with Crippen LogP contribution in [0.25, 0.3) is 10.4 Å². The zero-order chi connectivity index (χ0) is 19.6. The summed E-state index contributed by atoms with van der Waals surface area (Å²) in [6.45, 7) is 0.462. The van der Waals surface area contributed by atoms with Crippen molar-refractivity contribution in [1.82, 2.24) is 14.0 Å². The fourth-order valence-corrected chi connectivity index (χ4v) is 4.57. The first kappa shape index (κ1) is 19.9. The summed E-state index contributed by atoms with van der Waals surface area (Å²) in [6.07, 6.45) is 1.61. The van der Waals surface area contributed by atoms with Crippen molar-refractivity contribution in [3.05, 3.63) is 41.8 Å². The van der Waals surface area contributed by atoms with Gasteiger partial charge in [0.2, 0.25) is 10.0 Å². The summed E-state index contributed by atoms with van der Waals surface area (Å²) < 4.78 is 48.7. The Labute approximate surface area is 161 Å². The maximum absolute atomic E-state index is 14.0. The molecule has 7 nitrogen and oxygen atoms in total. The molecule has 1 aromatic carbocycles. The fraction of sp³-hybridized carbons (Fsp3) is 0.412. The van der Waals surface area contributed by atoms with E-state index in [4.69, 9.17) is 4.74 Å². The lowest BCUT2D eigenvalue weighted by Crippen LogP contribution is -2.43. The van der Waals surface area contributed by atoms with Gasteiger partial charge in [0.1, 0.15) is 5.82 Å². The van der Waals surface area contributed by atoms with Crippen LogP contribution in [-0.4, -0.2) is 62.1 Å². The molecule has 0 spiro atoms. The Morgan fingerprint density at radius 1 is 1.37 bits per heavy atom. The molecule has 10 heteroatoms. The number of benzene rings is 1. The normalized spacial score (nSPS) is 20.1. The topological polar surface area (TPSA) is 88.6 Å². The van der Waals surface area contributed by atoms with Gasteiger partial charge < -0.3 is 10.1 Å². The minimum Gasteiger partial charge on any atom is -0.379 e. The van der Waals surface area contributed by atoms with Gasteiger partial charge in [0.25, 0.3) is 5.91 Å². The second kappa shape index (κ2) is 8.01. The first-order chi connectivity index (χ1) is 12.8. The molecule has 0 unspecified atom stereocenters. The van der Waals surface area contributed by atoms with E-state index in [0.717, 1.165) is 15.2 Å². The van der Waals surface area contributed by atoms with Gasteiger partial charge >= 0.3 is 0 Å². The Hall–Kier alpha value is -1.88. The first-order valence-electron chi connectivity index (χ1n) is 8.27. The predicted octanol–water partition coefficient (Wildman–Crippen LogP) is 1.59. The van der Waals surface area contributed by atoms with E-state index in [1.54, 1.807) is 18.3 Å². The Balaban J connectivity index is 1.75. The average Bonchev–Trinajstić information content (AvgIpc) is 3.26. The van der Waals surface area contributed by atoms with Crippen LogP contribution in [0.15, 0.2) is 30.5 Å². The highest BCUT2D eigenvalue weighted by Crippen LogP contribution is 2.25. The zero-order valence-electron chi connectivity index (χ0n) is 14.9. The van der Waals surface area contributed by atoms with E-state index in [1.165, 1.54) is 31.7 Å². The van der Waals surface area contributed by atoms with Gasteiger partial charge in [-0.15, -0.1) is 0 Å². The molecule has 1 aromatic heterocycles. The van der Waals surface area contributed by atoms with E-state index >= 15 is 0 Å². The van der Waals surface area contributed by atoms with Crippen molar-refractivity contribution in [2.24, 2.45) is 5.92 Å². The maximum Gasteiger partial charge on any atom is 0.251 e. The van der Waals surface area contributed by atoms with Crippen molar-refractivity contribution in [1.29, 1.82) is 0 Å². The van der Waals surface area contributed by atoms with Gasteiger partial charge in [-0.05, 0) is 41.4 Å². The number of hydrogen-bond donors (Lipinski definition) is 1. The van der Waals surface area contributed by atoms with Gasteiger partial charge in [0, 0.05) is 31.8 Å². The molecule has 1 saturated heterocycles. The number of rotatable bonds is 6. The molecule has 1 amide bonds. The lowest BCUT2D eigenvalue weighted by Gasteiger charge is -2.21. The van der Waals surface area contributed by atoms with Gasteiger partial charge in [-0.25, -0.2) is 21.5 Å². The Bertz CT molecular complexity index is 916. The summed E-state index contributed by atoms with van der Waals surface area (Å²) in [4.78, 5) is 13.4. The number of nitrogens with one attached hydrogen (secondary N) is 1. The smallest absolute Gasteiger partial charge is 0.251 e. The predicted molar refractivity (Wildman–Crippen MR) is 101 cm³/mol. The van der Waals surface area contributed by atoms with Gasteiger partial charge in [-0.3, -0.25) is 4.79 Å². The standard InChI is InChI=1S/C17H20FN3O4S2/c1-21(2)27(23,24)10-13-8-25-9-15(13)20-17(22)12-5-11(6-14(18)7-12)16-3-4-19-26-16/h3-7,13,15H,8-10H2,1-2H3,(H,20,22)/t13-,15+/m0/s1. The number of ether oxygens (including phenoxy) is 1. The number of carbonyl (C=O) groups is 1. The highest BCUT2D eigenvalue weighted by atomic mass is 32.2. The summed E-state index contributed by atoms with van der Waals surface area (Å²) in [5, 5.41) is 2.78. The maximum atomic E-state index is 14.0. The molecule has 1 fully saturated rings. The molecule has 2 heterocycles. The van der Waals surface area contributed by atoms with Gasteiger partial charge in [-0.2, -0.15) is 0 Å². The van der Waals surface area contributed by atoms with E-state index < -0.39 is 27.8 Å². The van der Waals surface area contributed by atoms with Crippen LogP contribution >= 0.6 is 11.5 Å². The van der Waals surface area contributed by atoms with Crippen LogP contribution < -0.4 is 5.32 Å². The van der Waals surface area contributed by atoms with Crippen molar-refractivity contribution in [3.8, 4) is 10.4 Å². The lowest BCUT2D eigenvalue weighted by atomic mass is 10.0. The quantitative estimate of drug-likeness (QED) is 0.777. The fourth-order valence-electron chi connectivity index (χ4n) is 2.82. The second-order valence-corrected chi connectivity index (χ2v) is 9.60. The molecule has 1 N–H and O–H groups in total. The molecular weight excluding hydrogens is 393 g/mol. The number of aromatic nitrogens is 1. The van der Waals surface area contributed by atoms with Crippen LogP contribution in [0.4, 0.5) is 4.39 Å². The summed E-state index contributed by atoms with van der Waals surface area (Å²) >= 11 is 1.21. The number of halogens is 1. The van der Waals surface area contributed by atoms with Gasteiger partial charge in [0.15, 0.2) is 0 Å². The molecule has 0 aliphatic carbocycles. The Morgan fingerprint density at radius 3 is 2.81 bits per heavy atom. The van der Waals surface area contributed by atoms with Crippen LogP contribution in [0.3, 0.4) is 0 Å². The molecule has 0 bridgehead atoms. The zero-order valence-corrected chi connectivity index (χ0v) is 16.5. The van der Waals surface area contributed by atoms with Crippen LogP contribution in [0.1, 0.15) is 10.4 Å². The lowest BCUT2D eigenvalue weighted by molar-refractivity contribution is 0.0925. The van der Waals surface area contributed by atoms with Crippen molar-refractivity contribution in [2.45, 2.75) is 6.04 Å². The minimum atomic E-state index is -3.42. The number of sulfonamides is 1. The van der Waals surface area contributed by atoms with Crippen LogP contribution in [-0.2, 0) is 14.8 Å². The van der Waals surface area contributed by atoms with Crippen molar-refractivity contribution >= 4 is 27.5 Å². The third-order valence-electron chi connectivity index (χ3n) is 4.38. The van der Waals surface area contributed by atoms with Crippen molar-refractivity contribution in [3.63, 3.8) is 0 Å². The Morgan fingerprint density at radius 2 is 2.15 bits per heavy atom.